The highest BCUT2D eigenvalue weighted by Gasteiger charge is 2.12. The largest absolute Gasteiger partial charge is 0.508 e. The van der Waals surface area contributed by atoms with Crippen LogP contribution in [0.2, 0.25) is 0 Å². The van der Waals surface area contributed by atoms with Crippen LogP contribution in [0.25, 0.3) is 0 Å². The van der Waals surface area contributed by atoms with Crippen LogP contribution in [0, 0.1) is 10.1 Å². The molecule has 0 atom stereocenters. The molecule has 0 aliphatic carbocycles. The number of non-ortho nitro benzene ring substituents is 1. The quantitative estimate of drug-likeness (QED) is 0.496. The molecule has 2 aromatic rings. The second kappa shape index (κ2) is 7.26. The first-order valence-corrected chi connectivity index (χ1v) is 6.93. The van der Waals surface area contributed by atoms with Crippen molar-refractivity contribution in [2.45, 2.75) is 13.3 Å². The zero-order valence-corrected chi connectivity index (χ0v) is 12.4. The Morgan fingerprint density at radius 1 is 1.17 bits per heavy atom. The topological polar surface area (TPSA) is 98.9 Å². The third kappa shape index (κ3) is 4.44. The number of aromatic hydroxyl groups is 1. The molecule has 2 aromatic carbocycles. The summed E-state index contributed by atoms with van der Waals surface area (Å²) in [4.78, 5) is 21.9. The van der Waals surface area contributed by atoms with Gasteiger partial charge in [0.05, 0.1) is 17.1 Å². The smallest absolute Gasteiger partial charge is 0.338 e. The summed E-state index contributed by atoms with van der Waals surface area (Å²) in [5, 5.41) is 20.3. The summed E-state index contributed by atoms with van der Waals surface area (Å²) in [6.07, 6.45) is 0.691. The van der Waals surface area contributed by atoms with Crippen molar-refractivity contribution in [2.75, 3.05) is 6.61 Å². The molecule has 0 unspecified atom stereocenters. The highest BCUT2D eigenvalue weighted by atomic mass is 16.6. The highest BCUT2D eigenvalue weighted by Crippen LogP contribution is 2.28. The predicted molar refractivity (Wildman–Crippen MR) is 81.9 cm³/mol. The van der Waals surface area contributed by atoms with Gasteiger partial charge in [0.15, 0.2) is 0 Å². The number of phenolic OH excluding ortho intramolecular Hbond substituents is 1. The van der Waals surface area contributed by atoms with Crippen molar-refractivity contribution in [3.63, 3.8) is 0 Å². The first-order valence-electron chi connectivity index (χ1n) is 6.93. The van der Waals surface area contributed by atoms with Crippen LogP contribution in [0.15, 0.2) is 42.5 Å². The fraction of sp³-hybridized carbons (Fsp3) is 0.188. The Hall–Kier alpha value is -3.09. The van der Waals surface area contributed by atoms with Gasteiger partial charge in [0, 0.05) is 18.2 Å². The Morgan fingerprint density at radius 3 is 2.48 bits per heavy atom. The van der Waals surface area contributed by atoms with Crippen LogP contribution < -0.4 is 4.74 Å². The average Bonchev–Trinajstić information content (AvgIpc) is 2.52. The van der Waals surface area contributed by atoms with E-state index in [1.54, 1.807) is 0 Å². The molecule has 0 spiro atoms. The molecule has 0 aromatic heterocycles. The van der Waals surface area contributed by atoms with E-state index in [-0.39, 0.29) is 29.4 Å². The van der Waals surface area contributed by atoms with E-state index in [0.717, 1.165) is 0 Å². The average molecular weight is 317 g/mol. The normalized spacial score (nSPS) is 10.1. The second-order valence-electron chi connectivity index (χ2n) is 4.70. The third-order valence-corrected chi connectivity index (χ3v) is 2.85. The second-order valence-corrected chi connectivity index (χ2v) is 4.70. The van der Waals surface area contributed by atoms with Gasteiger partial charge in [-0.05, 0) is 30.7 Å². The Kier molecular flexibility index (Phi) is 5.14. The number of carbonyl (C=O) groups is 1. The molecular formula is C16H15NO6. The van der Waals surface area contributed by atoms with Crippen LogP contribution in [0.3, 0.4) is 0 Å². The van der Waals surface area contributed by atoms with E-state index < -0.39 is 10.9 Å². The van der Waals surface area contributed by atoms with Crippen molar-refractivity contribution < 1.29 is 24.3 Å². The molecule has 0 aliphatic heterocycles. The summed E-state index contributed by atoms with van der Waals surface area (Å²) in [7, 11) is 0. The lowest BCUT2D eigenvalue weighted by atomic mass is 10.2. The van der Waals surface area contributed by atoms with E-state index in [4.69, 9.17) is 9.47 Å². The van der Waals surface area contributed by atoms with Crippen molar-refractivity contribution in [2.24, 2.45) is 0 Å². The van der Waals surface area contributed by atoms with Gasteiger partial charge in [0.1, 0.15) is 17.2 Å². The maximum Gasteiger partial charge on any atom is 0.338 e. The molecule has 2 rings (SSSR count). The van der Waals surface area contributed by atoms with Gasteiger partial charge < -0.3 is 14.6 Å². The van der Waals surface area contributed by atoms with Crippen LogP contribution in [-0.2, 0) is 4.74 Å². The Bertz CT molecular complexity index is 711. The predicted octanol–water partition coefficient (Wildman–Crippen LogP) is 3.66. The molecule has 0 fully saturated rings. The fourth-order valence-corrected chi connectivity index (χ4v) is 1.81. The van der Waals surface area contributed by atoms with Crippen molar-refractivity contribution in [3.05, 3.63) is 58.1 Å². The first-order chi connectivity index (χ1) is 11.0. The molecule has 0 saturated heterocycles. The van der Waals surface area contributed by atoms with Gasteiger partial charge in [-0.15, -0.1) is 0 Å². The summed E-state index contributed by atoms with van der Waals surface area (Å²) in [5.41, 5.74) is 0.104. The standard InChI is InChI=1S/C16H15NO6/c1-2-7-22-16(19)11-8-13(18)10-15(9-11)23-14-5-3-12(4-6-14)17(20)21/h3-6,8-10,18H,2,7H2,1H3. The molecule has 0 bridgehead atoms. The summed E-state index contributed by atoms with van der Waals surface area (Å²) >= 11 is 0. The molecule has 0 radical (unpaired) electrons. The van der Waals surface area contributed by atoms with Crippen LogP contribution in [0.4, 0.5) is 5.69 Å². The number of nitro benzene ring substituents is 1. The van der Waals surface area contributed by atoms with E-state index in [1.165, 1.54) is 42.5 Å². The number of nitro groups is 1. The van der Waals surface area contributed by atoms with Crippen LogP contribution in [0.5, 0.6) is 17.2 Å². The third-order valence-electron chi connectivity index (χ3n) is 2.85. The number of rotatable bonds is 6. The van der Waals surface area contributed by atoms with Crippen LogP contribution in [-0.4, -0.2) is 22.6 Å². The minimum Gasteiger partial charge on any atom is -0.508 e. The van der Waals surface area contributed by atoms with E-state index in [2.05, 4.69) is 0 Å². The van der Waals surface area contributed by atoms with Gasteiger partial charge in [-0.3, -0.25) is 10.1 Å². The van der Waals surface area contributed by atoms with E-state index in [0.29, 0.717) is 12.2 Å². The van der Waals surface area contributed by atoms with Crippen LogP contribution >= 0.6 is 0 Å². The van der Waals surface area contributed by atoms with E-state index in [1.807, 2.05) is 6.92 Å². The van der Waals surface area contributed by atoms with Gasteiger partial charge in [0.2, 0.25) is 0 Å². The van der Waals surface area contributed by atoms with Crippen molar-refractivity contribution >= 4 is 11.7 Å². The van der Waals surface area contributed by atoms with Gasteiger partial charge in [-0.1, -0.05) is 6.92 Å². The molecular weight excluding hydrogens is 302 g/mol. The zero-order chi connectivity index (χ0) is 16.8. The Labute approximate surface area is 132 Å². The fourth-order valence-electron chi connectivity index (χ4n) is 1.81. The minimum atomic E-state index is -0.559. The van der Waals surface area contributed by atoms with Crippen LogP contribution in [0.1, 0.15) is 23.7 Å². The summed E-state index contributed by atoms with van der Waals surface area (Å²) in [5.74, 6) is -0.138. The van der Waals surface area contributed by atoms with Gasteiger partial charge >= 0.3 is 5.97 Å². The molecule has 0 amide bonds. The number of nitrogens with zero attached hydrogens (tertiary/aromatic N) is 1. The lowest BCUT2D eigenvalue weighted by molar-refractivity contribution is -0.384. The zero-order valence-electron chi connectivity index (χ0n) is 12.4. The maximum absolute atomic E-state index is 11.8. The molecule has 1 N–H and O–H groups in total. The van der Waals surface area contributed by atoms with Gasteiger partial charge in [-0.2, -0.15) is 0 Å². The number of ether oxygens (including phenoxy) is 2. The molecule has 0 aliphatic rings. The highest BCUT2D eigenvalue weighted by molar-refractivity contribution is 5.90. The molecule has 7 nitrogen and oxygen atoms in total. The maximum atomic E-state index is 11.8. The Balaban J connectivity index is 2.17. The number of hydrogen-bond acceptors (Lipinski definition) is 6. The van der Waals surface area contributed by atoms with Gasteiger partial charge in [-0.25, -0.2) is 4.79 Å². The van der Waals surface area contributed by atoms with E-state index in [9.17, 15) is 20.0 Å². The monoisotopic (exact) mass is 317 g/mol. The Morgan fingerprint density at radius 2 is 1.87 bits per heavy atom. The molecule has 7 heteroatoms. The first kappa shape index (κ1) is 16.3. The lowest BCUT2D eigenvalue weighted by Crippen LogP contribution is -2.05. The molecule has 23 heavy (non-hydrogen) atoms. The van der Waals surface area contributed by atoms with Crippen molar-refractivity contribution in [1.82, 2.24) is 0 Å². The number of phenols is 1. The lowest BCUT2D eigenvalue weighted by Gasteiger charge is -2.09. The summed E-state index contributed by atoms with van der Waals surface area (Å²) < 4.78 is 10.5. The minimum absolute atomic E-state index is 0.0582. The summed E-state index contributed by atoms with van der Waals surface area (Å²) in [6, 6.07) is 9.50. The molecule has 0 saturated carbocycles. The van der Waals surface area contributed by atoms with Crippen molar-refractivity contribution in [3.8, 4) is 17.2 Å². The molecule has 120 valence electrons. The number of hydrogen-bond donors (Lipinski definition) is 1. The van der Waals surface area contributed by atoms with Crippen molar-refractivity contribution in [1.29, 1.82) is 0 Å². The van der Waals surface area contributed by atoms with Gasteiger partial charge in [0.25, 0.3) is 5.69 Å². The van der Waals surface area contributed by atoms with E-state index >= 15 is 0 Å². The summed E-state index contributed by atoms with van der Waals surface area (Å²) in [6.45, 7) is 2.16. The number of carbonyl (C=O) groups excluding carboxylic acids is 1. The number of esters is 1. The SMILES string of the molecule is CCCOC(=O)c1cc(O)cc(Oc2ccc([N+](=O)[O-])cc2)c1. The molecule has 0 heterocycles. The number of benzene rings is 2.